The lowest BCUT2D eigenvalue weighted by atomic mass is 10.1. The van der Waals surface area contributed by atoms with E-state index in [0.717, 1.165) is 22.6 Å². The topological polar surface area (TPSA) is 54.5 Å². The second-order valence-corrected chi connectivity index (χ2v) is 4.79. The number of aromatic nitrogens is 3. The summed E-state index contributed by atoms with van der Waals surface area (Å²) in [6.07, 6.45) is 2.52. The number of fused-ring (bicyclic) bond motifs is 1. The Kier molecular flexibility index (Phi) is 3.18. The van der Waals surface area contributed by atoms with Crippen LogP contribution in [0.15, 0.2) is 42.6 Å². The average Bonchev–Trinajstić information content (AvgIpc) is 2.77. The third-order valence-electron chi connectivity index (χ3n) is 3.23. The standard InChI is InChI=1S/C16H14N4/c1-12-9-14-16(18-11-12)20(8-7-17)15(19-14)10-13-5-3-2-4-6-13/h2-6,9,11H,8,10H2,1H3. The number of nitrogens with zero attached hydrogens (tertiary/aromatic N) is 4. The quantitative estimate of drug-likeness (QED) is 0.729. The van der Waals surface area contributed by atoms with Crippen LogP contribution in [0, 0.1) is 18.3 Å². The molecule has 0 radical (unpaired) electrons. The van der Waals surface area contributed by atoms with Crippen molar-refractivity contribution < 1.29 is 0 Å². The molecular formula is C16H14N4. The van der Waals surface area contributed by atoms with Gasteiger partial charge in [-0.15, -0.1) is 0 Å². The van der Waals surface area contributed by atoms with Gasteiger partial charge in [0.2, 0.25) is 0 Å². The normalized spacial score (nSPS) is 10.6. The van der Waals surface area contributed by atoms with E-state index in [9.17, 15) is 0 Å². The highest BCUT2D eigenvalue weighted by molar-refractivity contribution is 5.72. The predicted molar refractivity (Wildman–Crippen MR) is 77.1 cm³/mol. The molecule has 0 saturated carbocycles. The Balaban J connectivity index is 2.09. The molecule has 1 aromatic carbocycles. The van der Waals surface area contributed by atoms with Gasteiger partial charge in [-0.3, -0.25) is 4.57 Å². The van der Waals surface area contributed by atoms with Crippen LogP contribution in [0.1, 0.15) is 17.0 Å². The molecule has 0 aliphatic carbocycles. The maximum absolute atomic E-state index is 9.02. The fourth-order valence-electron chi connectivity index (χ4n) is 2.31. The molecule has 3 rings (SSSR count). The van der Waals surface area contributed by atoms with Crippen molar-refractivity contribution in [3.05, 3.63) is 59.5 Å². The Morgan fingerprint density at radius 1 is 1.25 bits per heavy atom. The van der Waals surface area contributed by atoms with Crippen LogP contribution in [-0.2, 0) is 13.0 Å². The zero-order valence-electron chi connectivity index (χ0n) is 11.2. The molecule has 3 aromatic rings. The number of imidazole rings is 1. The Bertz CT molecular complexity index is 781. The van der Waals surface area contributed by atoms with E-state index in [0.29, 0.717) is 6.42 Å². The number of nitriles is 1. The van der Waals surface area contributed by atoms with E-state index in [1.54, 1.807) is 0 Å². The summed E-state index contributed by atoms with van der Waals surface area (Å²) in [5, 5.41) is 9.02. The maximum Gasteiger partial charge on any atom is 0.160 e. The molecule has 0 fully saturated rings. The Morgan fingerprint density at radius 2 is 2.05 bits per heavy atom. The van der Waals surface area contributed by atoms with Crippen LogP contribution < -0.4 is 0 Å². The summed E-state index contributed by atoms with van der Waals surface area (Å²) in [7, 11) is 0. The number of pyridine rings is 1. The van der Waals surface area contributed by atoms with Gasteiger partial charge in [0.1, 0.15) is 17.9 Å². The third kappa shape index (κ3) is 2.26. The van der Waals surface area contributed by atoms with E-state index in [1.165, 1.54) is 5.56 Å². The number of hydrogen-bond donors (Lipinski definition) is 0. The summed E-state index contributed by atoms with van der Waals surface area (Å²) in [6.45, 7) is 2.27. The van der Waals surface area contributed by atoms with Crippen molar-refractivity contribution in [1.29, 1.82) is 5.26 Å². The molecule has 20 heavy (non-hydrogen) atoms. The molecule has 0 saturated heterocycles. The van der Waals surface area contributed by atoms with Crippen molar-refractivity contribution in [2.45, 2.75) is 19.9 Å². The second-order valence-electron chi connectivity index (χ2n) is 4.79. The SMILES string of the molecule is Cc1cnc2c(c1)nc(Cc1ccccc1)n2CC#N. The fraction of sp³-hybridized carbons (Fsp3) is 0.188. The van der Waals surface area contributed by atoms with Gasteiger partial charge in [-0.1, -0.05) is 30.3 Å². The number of aryl methyl sites for hydroxylation is 1. The van der Waals surface area contributed by atoms with Gasteiger partial charge in [0.15, 0.2) is 5.65 Å². The fourth-order valence-corrected chi connectivity index (χ4v) is 2.31. The zero-order valence-corrected chi connectivity index (χ0v) is 11.2. The molecule has 0 N–H and O–H groups in total. The first kappa shape index (κ1) is 12.4. The summed E-state index contributed by atoms with van der Waals surface area (Å²) >= 11 is 0. The Hall–Kier alpha value is -2.67. The Labute approximate surface area is 117 Å². The molecule has 0 unspecified atom stereocenters. The molecule has 0 bridgehead atoms. The van der Waals surface area contributed by atoms with Crippen LogP contribution in [-0.4, -0.2) is 14.5 Å². The van der Waals surface area contributed by atoms with E-state index in [2.05, 4.69) is 28.2 Å². The summed E-state index contributed by atoms with van der Waals surface area (Å²) in [5.74, 6) is 0.880. The molecule has 0 atom stereocenters. The number of benzene rings is 1. The molecule has 98 valence electrons. The summed E-state index contributed by atoms with van der Waals surface area (Å²) in [6, 6.07) is 14.3. The first-order chi connectivity index (χ1) is 9.78. The van der Waals surface area contributed by atoms with E-state index >= 15 is 0 Å². The summed E-state index contributed by atoms with van der Waals surface area (Å²) in [5.41, 5.74) is 3.89. The van der Waals surface area contributed by atoms with Gasteiger partial charge in [0.25, 0.3) is 0 Å². The van der Waals surface area contributed by atoms with Crippen LogP contribution in [0.3, 0.4) is 0 Å². The molecule has 4 nitrogen and oxygen atoms in total. The molecular weight excluding hydrogens is 248 g/mol. The first-order valence-corrected chi connectivity index (χ1v) is 6.50. The van der Waals surface area contributed by atoms with E-state index in [4.69, 9.17) is 5.26 Å². The highest BCUT2D eigenvalue weighted by Crippen LogP contribution is 2.17. The Morgan fingerprint density at radius 3 is 2.80 bits per heavy atom. The first-order valence-electron chi connectivity index (χ1n) is 6.50. The molecule has 0 spiro atoms. The van der Waals surface area contributed by atoms with Crippen LogP contribution in [0.4, 0.5) is 0 Å². The van der Waals surface area contributed by atoms with Crippen molar-refractivity contribution in [3.8, 4) is 6.07 Å². The summed E-state index contributed by atoms with van der Waals surface area (Å²) in [4.78, 5) is 9.05. The molecule has 0 aliphatic rings. The van der Waals surface area contributed by atoms with Gasteiger partial charge in [-0.05, 0) is 24.1 Å². The average molecular weight is 262 g/mol. The molecule has 4 heteroatoms. The highest BCUT2D eigenvalue weighted by atomic mass is 15.1. The monoisotopic (exact) mass is 262 g/mol. The number of rotatable bonds is 3. The van der Waals surface area contributed by atoms with Gasteiger partial charge < -0.3 is 0 Å². The van der Waals surface area contributed by atoms with Crippen molar-refractivity contribution >= 4 is 11.2 Å². The van der Waals surface area contributed by atoms with Gasteiger partial charge in [0.05, 0.1) is 6.07 Å². The summed E-state index contributed by atoms with van der Waals surface area (Å²) < 4.78 is 1.89. The van der Waals surface area contributed by atoms with E-state index in [-0.39, 0.29) is 6.54 Å². The van der Waals surface area contributed by atoms with Crippen LogP contribution in [0.5, 0.6) is 0 Å². The van der Waals surface area contributed by atoms with Gasteiger partial charge >= 0.3 is 0 Å². The van der Waals surface area contributed by atoms with Crippen LogP contribution in [0.2, 0.25) is 0 Å². The van der Waals surface area contributed by atoms with Crippen molar-refractivity contribution in [3.63, 3.8) is 0 Å². The smallest absolute Gasteiger partial charge is 0.160 e. The van der Waals surface area contributed by atoms with Crippen molar-refractivity contribution in [2.75, 3.05) is 0 Å². The predicted octanol–water partition coefficient (Wildman–Crippen LogP) is 2.85. The van der Waals surface area contributed by atoms with Crippen molar-refractivity contribution in [1.82, 2.24) is 14.5 Å². The van der Waals surface area contributed by atoms with Gasteiger partial charge in [-0.25, -0.2) is 9.97 Å². The maximum atomic E-state index is 9.02. The third-order valence-corrected chi connectivity index (χ3v) is 3.23. The lowest BCUT2D eigenvalue weighted by Crippen LogP contribution is -2.04. The minimum absolute atomic E-state index is 0.273. The lowest BCUT2D eigenvalue weighted by Gasteiger charge is -2.04. The second kappa shape index (κ2) is 5.14. The highest BCUT2D eigenvalue weighted by Gasteiger charge is 2.12. The van der Waals surface area contributed by atoms with E-state index in [1.807, 2.05) is 42.0 Å². The zero-order chi connectivity index (χ0) is 13.9. The minimum atomic E-state index is 0.273. The van der Waals surface area contributed by atoms with Crippen molar-refractivity contribution in [2.24, 2.45) is 0 Å². The minimum Gasteiger partial charge on any atom is -0.298 e. The number of hydrogen-bond acceptors (Lipinski definition) is 3. The largest absolute Gasteiger partial charge is 0.298 e. The van der Waals surface area contributed by atoms with Gasteiger partial charge in [0, 0.05) is 12.6 Å². The van der Waals surface area contributed by atoms with Crippen LogP contribution >= 0.6 is 0 Å². The lowest BCUT2D eigenvalue weighted by molar-refractivity contribution is 0.779. The van der Waals surface area contributed by atoms with Gasteiger partial charge in [-0.2, -0.15) is 5.26 Å². The molecule has 0 amide bonds. The molecule has 2 heterocycles. The van der Waals surface area contributed by atoms with E-state index < -0.39 is 0 Å². The molecule has 0 aliphatic heterocycles. The van der Waals surface area contributed by atoms with Crippen LogP contribution in [0.25, 0.3) is 11.2 Å². The molecule has 2 aromatic heterocycles.